The van der Waals surface area contributed by atoms with E-state index in [1.807, 2.05) is 18.2 Å². The molecule has 10 heteroatoms. The molecule has 1 aliphatic rings. The standard InChI is InChI=1S/C23H20Cl2N6O2/c1-12(32)20(22-28-17-5-4-13(24)8-19(17)29-22)30-21-15-9-16(25)14(10-18(15)26-11-27-21)23(33)31-6-2-3-7-31/h2-5,8-12,20,32H,6-7H2,1H3,(H,28,29)(H,26,27,30)/t12?,20-/m0/s1. The van der Waals surface area contributed by atoms with Gasteiger partial charge in [-0.05, 0) is 37.3 Å². The summed E-state index contributed by atoms with van der Waals surface area (Å²) in [4.78, 5) is 31.0. The SMILES string of the molecule is CC(O)[C@H](Nc1ncnc2cc(C(=O)N3CC=CC3)c(Cl)cc12)c1nc2ccc(Cl)cc2[nH]1. The minimum absolute atomic E-state index is 0.150. The van der Waals surface area contributed by atoms with Gasteiger partial charge in [0.15, 0.2) is 0 Å². The molecule has 1 aliphatic heterocycles. The summed E-state index contributed by atoms with van der Waals surface area (Å²) in [6.07, 6.45) is 4.49. The number of aliphatic hydroxyl groups excluding tert-OH is 1. The predicted molar refractivity (Wildman–Crippen MR) is 129 cm³/mol. The van der Waals surface area contributed by atoms with Crippen LogP contribution >= 0.6 is 23.2 Å². The molecule has 0 radical (unpaired) electrons. The number of benzene rings is 2. The number of nitrogens with zero attached hydrogens (tertiary/aromatic N) is 4. The second-order valence-electron chi connectivity index (χ2n) is 7.90. The molecule has 168 valence electrons. The summed E-state index contributed by atoms with van der Waals surface area (Å²) in [7, 11) is 0. The molecule has 8 nitrogen and oxygen atoms in total. The van der Waals surface area contributed by atoms with Gasteiger partial charge >= 0.3 is 0 Å². The smallest absolute Gasteiger partial charge is 0.256 e. The molecule has 0 saturated heterocycles. The highest BCUT2D eigenvalue weighted by Gasteiger charge is 2.24. The molecule has 4 aromatic rings. The van der Waals surface area contributed by atoms with Gasteiger partial charge in [0, 0.05) is 23.5 Å². The van der Waals surface area contributed by atoms with Crippen LogP contribution in [0.2, 0.25) is 10.0 Å². The Hall–Kier alpha value is -3.20. The van der Waals surface area contributed by atoms with Gasteiger partial charge in [0.2, 0.25) is 0 Å². The second-order valence-corrected chi connectivity index (χ2v) is 8.74. The second kappa shape index (κ2) is 8.62. The Morgan fingerprint density at radius 1 is 1.15 bits per heavy atom. The van der Waals surface area contributed by atoms with Crippen molar-refractivity contribution in [3.8, 4) is 0 Å². The maximum Gasteiger partial charge on any atom is 0.256 e. The number of imidazole rings is 1. The van der Waals surface area contributed by atoms with Crippen LogP contribution in [0, 0.1) is 0 Å². The lowest BCUT2D eigenvalue weighted by Gasteiger charge is -2.21. The number of halogens is 2. The van der Waals surface area contributed by atoms with E-state index in [9.17, 15) is 9.90 Å². The van der Waals surface area contributed by atoms with Crippen molar-refractivity contribution in [2.75, 3.05) is 18.4 Å². The number of aromatic nitrogens is 4. The number of H-pyrrole nitrogens is 1. The van der Waals surface area contributed by atoms with Gasteiger partial charge in [0.25, 0.3) is 5.91 Å². The number of hydrogen-bond donors (Lipinski definition) is 3. The number of hydrogen-bond acceptors (Lipinski definition) is 6. The third-order valence-corrected chi connectivity index (χ3v) is 6.14. The van der Waals surface area contributed by atoms with E-state index in [1.165, 1.54) is 6.33 Å². The van der Waals surface area contributed by atoms with E-state index < -0.39 is 12.1 Å². The minimum atomic E-state index is -0.801. The molecular formula is C23H20Cl2N6O2. The van der Waals surface area contributed by atoms with Crippen molar-refractivity contribution in [3.05, 3.63) is 70.2 Å². The third-order valence-electron chi connectivity index (χ3n) is 5.59. The number of carbonyl (C=O) groups is 1. The molecular weight excluding hydrogens is 463 g/mol. The van der Waals surface area contributed by atoms with Crippen molar-refractivity contribution in [2.45, 2.75) is 19.1 Å². The van der Waals surface area contributed by atoms with Crippen molar-refractivity contribution < 1.29 is 9.90 Å². The molecule has 0 aliphatic carbocycles. The molecule has 5 rings (SSSR count). The Morgan fingerprint density at radius 3 is 2.70 bits per heavy atom. The van der Waals surface area contributed by atoms with Crippen molar-refractivity contribution >= 4 is 56.9 Å². The van der Waals surface area contributed by atoms with E-state index in [-0.39, 0.29) is 5.91 Å². The maximum absolute atomic E-state index is 12.8. The number of aliphatic hydroxyl groups is 1. The van der Waals surface area contributed by atoms with E-state index in [2.05, 4.69) is 25.3 Å². The quantitative estimate of drug-likeness (QED) is 0.364. The molecule has 0 fully saturated rings. The van der Waals surface area contributed by atoms with E-state index in [0.29, 0.717) is 51.2 Å². The molecule has 0 bridgehead atoms. The van der Waals surface area contributed by atoms with Crippen molar-refractivity contribution in [1.82, 2.24) is 24.8 Å². The molecule has 2 aromatic carbocycles. The summed E-state index contributed by atoms with van der Waals surface area (Å²) in [5.74, 6) is 0.851. The molecule has 0 saturated carbocycles. The molecule has 2 aromatic heterocycles. The first kappa shape index (κ1) is 21.6. The summed E-state index contributed by atoms with van der Waals surface area (Å²) in [6.45, 7) is 2.78. The summed E-state index contributed by atoms with van der Waals surface area (Å²) in [6, 6.07) is 8.10. The zero-order chi connectivity index (χ0) is 23.1. The van der Waals surface area contributed by atoms with Gasteiger partial charge in [-0.2, -0.15) is 0 Å². The number of aromatic amines is 1. The molecule has 3 N–H and O–H groups in total. The lowest BCUT2D eigenvalue weighted by atomic mass is 10.1. The fraction of sp³-hybridized carbons (Fsp3) is 0.217. The lowest BCUT2D eigenvalue weighted by Crippen LogP contribution is -2.28. The van der Waals surface area contributed by atoms with Gasteiger partial charge in [-0.1, -0.05) is 35.4 Å². The van der Waals surface area contributed by atoms with Crippen LogP contribution in [-0.4, -0.2) is 55.0 Å². The fourth-order valence-electron chi connectivity index (χ4n) is 3.88. The molecule has 1 amide bonds. The highest BCUT2D eigenvalue weighted by Crippen LogP contribution is 2.31. The Kier molecular flexibility index (Phi) is 5.65. The topological polar surface area (TPSA) is 107 Å². The van der Waals surface area contributed by atoms with Crippen LogP contribution in [0.1, 0.15) is 29.1 Å². The van der Waals surface area contributed by atoms with Crippen LogP contribution in [0.4, 0.5) is 5.82 Å². The largest absolute Gasteiger partial charge is 0.391 e. The van der Waals surface area contributed by atoms with Gasteiger partial charge in [0.05, 0.1) is 33.2 Å². The van der Waals surface area contributed by atoms with E-state index >= 15 is 0 Å². The van der Waals surface area contributed by atoms with E-state index in [1.54, 1.807) is 36.1 Å². The monoisotopic (exact) mass is 482 g/mol. The first-order chi connectivity index (χ1) is 15.9. The zero-order valence-corrected chi connectivity index (χ0v) is 19.1. The minimum Gasteiger partial charge on any atom is -0.391 e. The van der Waals surface area contributed by atoms with Crippen LogP contribution < -0.4 is 5.32 Å². The average Bonchev–Trinajstić information content (AvgIpc) is 3.46. The van der Waals surface area contributed by atoms with Crippen LogP contribution in [-0.2, 0) is 0 Å². The highest BCUT2D eigenvalue weighted by molar-refractivity contribution is 6.35. The maximum atomic E-state index is 12.8. The molecule has 2 atom stereocenters. The predicted octanol–water partition coefficient (Wildman–Crippen LogP) is 4.36. The summed E-state index contributed by atoms with van der Waals surface area (Å²) in [5, 5.41) is 15.3. The number of anilines is 1. The Bertz CT molecular complexity index is 1390. The fourth-order valence-corrected chi connectivity index (χ4v) is 4.30. The molecule has 1 unspecified atom stereocenters. The van der Waals surface area contributed by atoms with E-state index in [4.69, 9.17) is 23.2 Å². The van der Waals surface area contributed by atoms with Gasteiger partial charge in [-0.3, -0.25) is 4.79 Å². The number of amides is 1. The number of nitrogens with one attached hydrogen (secondary N) is 2. The molecule has 0 spiro atoms. The summed E-state index contributed by atoms with van der Waals surface area (Å²) < 4.78 is 0. The van der Waals surface area contributed by atoms with Crippen LogP contribution in [0.15, 0.2) is 48.8 Å². The Morgan fingerprint density at radius 2 is 1.94 bits per heavy atom. The molecule has 3 heterocycles. The Balaban J connectivity index is 1.51. The third kappa shape index (κ3) is 4.13. The van der Waals surface area contributed by atoms with Crippen molar-refractivity contribution in [1.29, 1.82) is 0 Å². The average molecular weight is 483 g/mol. The summed E-state index contributed by atoms with van der Waals surface area (Å²) in [5.41, 5.74) is 2.45. The number of rotatable bonds is 5. The molecule has 33 heavy (non-hydrogen) atoms. The summed E-state index contributed by atoms with van der Waals surface area (Å²) >= 11 is 12.6. The van der Waals surface area contributed by atoms with Crippen LogP contribution in [0.3, 0.4) is 0 Å². The number of fused-ring (bicyclic) bond motifs is 2. The van der Waals surface area contributed by atoms with Gasteiger partial charge < -0.3 is 20.3 Å². The van der Waals surface area contributed by atoms with Crippen molar-refractivity contribution in [3.63, 3.8) is 0 Å². The van der Waals surface area contributed by atoms with Crippen molar-refractivity contribution in [2.24, 2.45) is 0 Å². The number of carbonyl (C=O) groups excluding carboxylic acids is 1. The lowest BCUT2D eigenvalue weighted by molar-refractivity contribution is 0.0800. The van der Waals surface area contributed by atoms with Crippen LogP contribution in [0.25, 0.3) is 21.9 Å². The first-order valence-electron chi connectivity index (χ1n) is 10.4. The Labute approximate surface area is 199 Å². The van der Waals surface area contributed by atoms with E-state index in [0.717, 1.165) is 11.0 Å². The van der Waals surface area contributed by atoms with Gasteiger partial charge in [0.1, 0.15) is 24.0 Å². The zero-order valence-electron chi connectivity index (χ0n) is 17.6. The van der Waals surface area contributed by atoms with Gasteiger partial charge in [-0.25, -0.2) is 15.0 Å². The van der Waals surface area contributed by atoms with Crippen LogP contribution in [0.5, 0.6) is 0 Å². The normalized spacial score (nSPS) is 15.3. The first-order valence-corrected chi connectivity index (χ1v) is 11.1. The van der Waals surface area contributed by atoms with Gasteiger partial charge in [-0.15, -0.1) is 0 Å². The highest BCUT2D eigenvalue weighted by atomic mass is 35.5.